The Kier molecular flexibility index (Phi) is 3.52. The Labute approximate surface area is 118 Å². The second-order valence-corrected chi connectivity index (χ2v) is 4.84. The van der Waals surface area contributed by atoms with Gasteiger partial charge in [-0.05, 0) is 37.2 Å². The summed E-state index contributed by atoms with van der Waals surface area (Å²) in [5.41, 5.74) is 3.44. The minimum Gasteiger partial charge on any atom is -0.469 e. The zero-order valence-electron chi connectivity index (χ0n) is 11.8. The molecule has 0 aliphatic rings. The summed E-state index contributed by atoms with van der Waals surface area (Å²) in [6.45, 7) is 5.01. The molecule has 0 fully saturated rings. The smallest absolute Gasteiger partial charge is 0.105 e. The first-order valence-corrected chi connectivity index (χ1v) is 6.92. The van der Waals surface area contributed by atoms with Gasteiger partial charge in [0.1, 0.15) is 5.76 Å². The van der Waals surface area contributed by atoms with Crippen LogP contribution in [-0.2, 0) is 0 Å². The van der Waals surface area contributed by atoms with Crippen molar-refractivity contribution in [2.75, 3.05) is 6.54 Å². The Morgan fingerprint density at radius 2 is 2.05 bits per heavy atom. The van der Waals surface area contributed by atoms with Gasteiger partial charge in [0.25, 0.3) is 0 Å². The van der Waals surface area contributed by atoms with Crippen molar-refractivity contribution in [1.29, 1.82) is 0 Å². The standard InChI is InChI=1S/C17H18N2O/c1-3-18-17(13-9-11-20-12(13)2)15-6-4-8-16-14(15)7-5-10-19-16/h4-11,17-18H,3H2,1-2H3. The first-order chi connectivity index (χ1) is 9.81. The number of aryl methyl sites for hydroxylation is 1. The number of aromatic nitrogens is 1. The summed E-state index contributed by atoms with van der Waals surface area (Å²) in [5, 5.41) is 4.73. The van der Waals surface area contributed by atoms with Gasteiger partial charge in [-0.15, -0.1) is 0 Å². The third kappa shape index (κ3) is 2.21. The highest BCUT2D eigenvalue weighted by molar-refractivity contribution is 5.83. The highest BCUT2D eigenvalue weighted by Gasteiger charge is 2.19. The SMILES string of the molecule is CCNC(c1ccoc1C)c1cccc2ncccc12. The zero-order chi connectivity index (χ0) is 13.9. The molecule has 20 heavy (non-hydrogen) atoms. The Morgan fingerprint density at radius 3 is 2.80 bits per heavy atom. The van der Waals surface area contributed by atoms with E-state index in [1.807, 2.05) is 31.3 Å². The van der Waals surface area contributed by atoms with E-state index in [0.717, 1.165) is 17.8 Å². The number of fused-ring (bicyclic) bond motifs is 1. The summed E-state index contributed by atoms with van der Waals surface area (Å²) in [5.74, 6) is 0.955. The number of furan rings is 1. The maximum Gasteiger partial charge on any atom is 0.105 e. The van der Waals surface area contributed by atoms with Crippen molar-refractivity contribution in [1.82, 2.24) is 10.3 Å². The summed E-state index contributed by atoms with van der Waals surface area (Å²) in [7, 11) is 0. The minimum atomic E-state index is 0.131. The zero-order valence-corrected chi connectivity index (χ0v) is 11.8. The predicted molar refractivity (Wildman–Crippen MR) is 80.7 cm³/mol. The molecule has 0 aliphatic carbocycles. The Morgan fingerprint density at radius 1 is 1.15 bits per heavy atom. The number of pyridine rings is 1. The number of hydrogen-bond acceptors (Lipinski definition) is 3. The quantitative estimate of drug-likeness (QED) is 0.779. The van der Waals surface area contributed by atoms with Crippen molar-refractivity contribution < 1.29 is 4.42 Å². The summed E-state index contributed by atoms with van der Waals surface area (Å²) in [6.07, 6.45) is 3.58. The molecule has 0 radical (unpaired) electrons. The van der Waals surface area contributed by atoms with E-state index in [2.05, 4.69) is 35.4 Å². The van der Waals surface area contributed by atoms with Crippen LogP contribution < -0.4 is 5.32 Å². The van der Waals surface area contributed by atoms with Crippen LogP contribution in [0.3, 0.4) is 0 Å². The molecule has 102 valence electrons. The van der Waals surface area contributed by atoms with Crippen LogP contribution in [0.1, 0.15) is 29.9 Å². The summed E-state index contributed by atoms with van der Waals surface area (Å²) in [6, 6.07) is 12.5. The van der Waals surface area contributed by atoms with Crippen molar-refractivity contribution in [3.8, 4) is 0 Å². The van der Waals surface area contributed by atoms with Gasteiger partial charge in [-0.25, -0.2) is 0 Å². The van der Waals surface area contributed by atoms with Gasteiger partial charge in [-0.3, -0.25) is 4.98 Å². The van der Waals surface area contributed by atoms with Gasteiger partial charge in [-0.1, -0.05) is 25.1 Å². The number of hydrogen-bond donors (Lipinski definition) is 1. The van der Waals surface area contributed by atoms with E-state index >= 15 is 0 Å². The third-order valence-corrected chi connectivity index (χ3v) is 3.61. The highest BCUT2D eigenvalue weighted by atomic mass is 16.3. The molecule has 3 aromatic rings. The third-order valence-electron chi connectivity index (χ3n) is 3.61. The molecule has 2 aromatic heterocycles. The highest BCUT2D eigenvalue weighted by Crippen LogP contribution is 2.30. The predicted octanol–water partition coefficient (Wildman–Crippen LogP) is 3.84. The van der Waals surface area contributed by atoms with Crippen LogP contribution in [0.2, 0.25) is 0 Å². The van der Waals surface area contributed by atoms with Crippen LogP contribution in [0.4, 0.5) is 0 Å². The van der Waals surface area contributed by atoms with Crippen molar-refractivity contribution in [2.24, 2.45) is 0 Å². The molecule has 1 aromatic carbocycles. The number of nitrogens with zero attached hydrogens (tertiary/aromatic N) is 1. The molecule has 1 N–H and O–H groups in total. The largest absolute Gasteiger partial charge is 0.469 e. The molecule has 0 saturated carbocycles. The van der Waals surface area contributed by atoms with Crippen LogP contribution in [0.25, 0.3) is 10.9 Å². The lowest BCUT2D eigenvalue weighted by atomic mass is 9.95. The Hall–Kier alpha value is -2.13. The van der Waals surface area contributed by atoms with Crippen LogP contribution in [0.5, 0.6) is 0 Å². The van der Waals surface area contributed by atoms with E-state index in [1.54, 1.807) is 6.26 Å². The normalized spacial score (nSPS) is 12.7. The maximum absolute atomic E-state index is 5.47. The van der Waals surface area contributed by atoms with E-state index in [1.165, 1.54) is 16.5 Å². The van der Waals surface area contributed by atoms with E-state index < -0.39 is 0 Å². The van der Waals surface area contributed by atoms with Crippen molar-refractivity contribution >= 4 is 10.9 Å². The van der Waals surface area contributed by atoms with Crippen LogP contribution in [0.15, 0.2) is 53.3 Å². The first-order valence-electron chi connectivity index (χ1n) is 6.92. The van der Waals surface area contributed by atoms with Gasteiger partial charge in [0, 0.05) is 17.1 Å². The average molecular weight is 266 g/mol. The molecule has 0 spiro atoms. The molecule has 3 rings (SSSR count). The Bertz CT molecular complexity index is 712. The fraction of sp³-hybridized carbons (Fsp3) is 0.235. The van der Waals surface area contributed by atoms with Gasteiger partial charge < -0.3 is 9.73 Å². The molecular weight excluding hydrogens is 248 g/mol. The number of benzene rings is 1. The van der Waals surface area contributed by atoms with Crippen molar-refractivity contribution in [2.45, 2.75) is 19.9 Å². The van der Waals surface area contributed by atoms with E-state index in [-0.39, 0.29) is 6.04 Å². The van der Waals surface area contributed by atoms with Gasteiger partial charge in [-0.2, -0.15) is 0 Å². The molecule has 0 amide bonds. The van der Waals surface area contributed by atoms with Crippen LogP contribution in [0, 0.1) is 6.92 Å². The maximum atomic E-state index is 5.47. The monoisotopic (exact) mass is 266 g/mol. The van der Waals surface area contributed by atoms with E-state index in [9.17, 15) is 0 Å². The second kappa shape index (κ2) is 5.47. The molecule has 2 heterocycles. The van der Waals surface area contributed by atoms with Crippen molar-refractivity contribution in [3.63, 3.8) is 0 Å². The van der Waals surface area contributed by atoms with Gasteiger partial charge >= 0.3 is 0 Å². The second-order valence-electron chi connectivity index (χ2n) is 4.84. The molecule has 0 aliphatic heterocycles. The minimum absolute atomic E-state index is 0.131. The van der Waals surface area contributed by atoms with Crippen molar-refractivity contribution in [3.05, 3.63) is 65.7 Å². The summed E-state index contributed by atoms with van der Waals surface area (Å²) in [4.78, 5) is 4.44. The molecular formula is C17H18N2O. The lowest BCUT2D eigenvalue weighted by Gasteiger charge is -2.19. The van der Waals surface area contributed by atoms with Crippen LogP contribution in [-0.4, -0.2) is 11.5 Å². The summed E-state index contributed by atoms with van der Waals surface area (Å²) < 4.78 is 5.47. The molecule has 0 bridgehead atoms. The topological polar surface area (TPSA) is 38.1 Å². The van der Waals surface area contributed by atoms with E-state index in [0.29, 0.717) is 0 Å². The first kappa shape index (κ1) is 12.9. The molecule has 0 saturated heterocycles. The molecule has 3 nitrogen and oxygen atoms in total. The van der Waals surface area contributed by atoms with E-state index in [4.69, 9.17) is 4.42 Å². The number of nitrogens with one attached hydrogen (secondary N) is 1. The fourth-order valence-electron chi connectivity index (χ4n) is 2.66. The number of rotatable bonds is 4. The fourth-order valence-corrected chi connectivity index (χ4v) is 2.66. The summed E-state index contributed by atoms with van der Waals surface area (Å²) >= 11 is 0. The lowest BCUT2D eigenvalue weighted by molar-refractivity contribution is 0.520. The molecule has 3 heteroatoms. The Balaban J connectivity index is 2.17. The van der Waals surface area contributed by atoms with Crippen LogP contribution >= 0.6 is 0 Å². The molecule has 1 unspecified atom stereocenters. The van der Waals surface area contributed by atoms with Gasteiger partial charge in [0.2, 0.25) is 0 Å². The van der Waals surface area contributed by atoms with Gasteiger partial charge in [0.05, 0.1) is 17.8 Å². The van der Waals surface area contributed by atoms with Gasteiger partial charge in [0.15, 0.2) is 0 Å². The molecule has 1 atom stereocenters. The lowest BCUT2D eigenvalue weighted by Crippen LogP contribution is -2.22. The average Bonchev–Trinajstić information content (AvgIpc) is 2.90.